The van der Waals surface area contributed by atoms with Crippen molar-refractivity contribution in [2.24, 2.45) is 5.41 Å². The van der Waals surface area contributed by atoms with E-state index in [9.17, 15) is 18.7 Å². The number of H-pyrrole nitrogens is 1. The molecule has 0 unspecified atom stereocenters. The average Bonchev–Trinajstić information content (AvgIpc) is 3.30. The van der Waals surface area contributed by atoms with Gasteiger partial charge < -0.3 is 20.1 Å². The monoisotopic (exact) mass is 485 g/mol. The predicted octanol–water partition coefficient (Wildman–Crippen LogP) is 4.77. The van der Waals surface area contributed by atoms with Crippen molar-refractivity contribution >= 4 is 22.7 Å². The number of hydrogen-bond donors (Lipinski definition) is 3. The minimum absolute atomic E-state index is 0.122. The first-order valence-electron chi connectivity index (χ1n) is 11.7. The molecule has 5 rings (SSSR count). The highest BCUT2D eigenvalue weighted by atomic mass is 19.3. The van der Waals surface area contributed by atoms with Gasteiger partial charge in [-0.25, -0.2) is 23.5 Å². The van der Waals surface area contributed by atoms with Crippen LogP contribution >= 0.6 is 0 Å². The maximum absolute atomic E-state index is 14.0. The third kappa shape index (κ3) is 4.09. The lowest BCUT2D eigenvalue weighted by Crippen LogP contribution is -2.53. The van der Waals surface area contributed by atoms with Crippen LogP contribution in [0.1, 0.15) is 59.0 Å². The molecule has 186 valence electrons. The quantitative estimate of drug-likeness (QED) is 0.462. The Morgan fingerprint density at radius 1 is 1.40 bits per heavy atom. The van der Waals surface area contributed by atoms with E-state index in [4.69, 9.17) is 4.74 Å². The number of methoxy groups -OCH3 is 1. The molecule has 2 aliphatic rings. The van der Waals surface area contributed by atoms with E-state index >= 15 is 0 Å². The SMILES string of the molecule is CNc1nc(C(=O)O)ncc1[C@H]1CC2(CCN1Cc1c(OC)cc(C)c3[nH]ccc13)CC(F)(F)C2. The first-order chi connectivity index (χ1) is 16.6. The summed E-state index contributed by atoms with van der Waals surface area (Å²) < 4.78 is 33.7. The highest BCUT2D eigenvalue weighted by molar-refractivity contribution is 5.88. The molecule has 0 radical (unpaired) electrons. The van der Waals surface area contributed by atoms with Gasteiger partial charge in [-0.05, 0) is 49.4 Å². The first-order valence-corrected chi connectivity index (χ1v) is 11.7. The standard InChI is InChI=1S/C25H29F2N5O3/c1-14-8-19(35-3)17(15-4-6-29-20(14)15)11-32-7-5-24(12-25(26,27)13-24)9-18(32)16-10-30-22(23(33)34)31-21(16)28-2/h4,6,8,10,18,29H,5,7,9,11-13H2,1-3H3,(H,33,34)(H,28,30,31)/t18-/m1/s1. The Morgan fingerprint density at radius 3 is 2.83 bits per heavy atom. The van der Waals surface area contributed by atoms with E-state index in [-0.39, 0.29) is 24.7 Å². The Morgan fingerprint density at radius 2 is 2.17 bits per heavy atom. The number of rotatable bonds is 6. The summed E-state index contributed by atoms with van der Waals surface area (Å²) in [5, 5.41) is 13.4. The molecule has 3 N–H and O–H groups in total. The van der Waals surface area contributed by atoms with Gasteiger partial charge in [0.05, 0.1) is 7.11 Å². The van der Waals surface area contributed by atoms with Crippen LogP contribution in [0.25, 0.3) is 10.9 Å². The van der Waals surface area contributed by atoms with Gasteiger partial charge in [-0.15, -0.1) is 0 Å². The second-order valence-corrected chi connectivity index (χ2v) is 9.84. The van der Waals surface area contributed by atoms with Gasteiger partial charge in [-0.1, -0.05) is 0 Å². The zero-order valence-corrected chi connectivity index (χ0v) is 20.0. The summed E-state index contributed by atoms with van der Waals surface area (Å²) in [5.41, 5.74) is 3.40. The Balaban J connectivity index is 1.56. The van der Waals surface area contributed by atoms with Crippen LogP contribution in [0.3, 0.4) is 0 Å². The summed E-state index contributed by atoms with van der Waals surface area (Å²) in [4.78, 5) is 25.2. The molecule has 3 heterocycles. The number of piperidine rings is 1. The van der Waals surface area contributed by atoms with E-state index in [0.29, 0.717) is 37.3 Å². The van der Waals surface area contributed by atoms with Gasteiger partial charge in [0.15, 0.2) is 0 Å². The van der Waals surface area contributed by atoms with Crippen molar-refractivity contribution in [2.75, 3.05) is 26.0 Å². The number of carboxylic acid groups (broad SMARTS) is 1. The topological polar surface area (TPSA) is 103 Å². The minimum atomic E-state index is -2.63. The van der Waals surface area contributed by atoms with E-state index in [1.807, 2.05) is 25.3 Å². The van der Waals surface area contributed by atoms with Crippen LogP contribution < -0.4 is 10.1 Å². The van der Waals surface area contributed by atoms with Gasteiger partial charge in [-0.2, -0.15) is 0 Å². The number of aryl methyl sites for hydroxylation is 1. The lowest BCUT2D eigenvalue weighted by Gasteiger charge is -2.54. The molecule has 1 saturated carbocycles. The van der Waals surface area contributed by atoms with Crippen LogP contribution in [0, 0.1) is 12.3 Å². The number of aromatic carboxylic acids is 1. The minimum Gasteiger partial charge on any atom is -0.496 e. The normalized spacial score (nSPS) is 21.1. The molecular formula is C25H29F2N5O3. The number of ether oxygens (including phenoxy) is 1. The van der Waals surface area contributed by atoms with Crippen LogP contribution in [0.15, 0.2) is 24.5 Å². The Kier molecular flexibility index (Phi) is 5.66. The zero-order chi connectivity index (χ0) is 25.0. The second-order valence-electron chi connectivity index (χ2n) is 9.84. The predicted molar refractivity (Wildman–Crippen MR) is 127 cm³/mol. The summed E-state index contributed by atoms with van der Waals surface area (Å²) in [7, 11) is 3.32. The number of alkyl halides is 2. The third-order valence-corrected chi connectivity index (χ3v) is 7.56. The molecule has 1 spiro atoms. The van der Waals surface area contributed by atoms with Crippen molar-refractivity contribution in [3.8, 4) is 5.75 Å². The van der Waals surface area contributed by atoms with Crippen LogP contribution in [-0.2, 0) is 6.54 Å². The molecule has 1 atom stereocenters. The lowest BCUT2D eigenvalue weighted by molar-refractivity contribution is -0.186. The van der Waals surface area contributed by atoms with E-state index in [2.05, 4.69) is 25.2 Å². The first kappa shape index (κ1) is 23.5. The molecule has 35 heavy (non-hydrogen) atoms. The third-order valence-electron chi connectivity index (χ3n) is 7.56. The van der Waals surface area contributed by atoms with Crippen LogP contribution in [-0.4, -0.2) is 57.6 Å². The summed E-state index contributed by atoms with van der Waals surface area (Å²) in [6.45, 7) is 3.18. The number of halogens is 2. The van der Waals surface area contributed by atoms with E-state index < -0.39 is 17.3 Å². The smallest absolute Gasteiger partial charge is 0.374 e. The van der Waals surface area contributed by atoms with Gasteiger partial charge in [0.1, 0.15) is 11.6 Å². The van der Waals surface area contributed by atoms with E-state index in [0.717, 1.165) is 27.8 Å². The molecule has 0 bridgehead atoms. The fourth-order valence-corrected chi connectivity index (χ4v) is 5.96. The van der Waals surface area contributed by atoms with Gasteiger partial charge in [0.2, 0.25) is 11.7 Å². The molecular weight excluding hydrogens is 456 g/mol. The molecule has 3 aromatic rings. The number of aromatic nitrogens is 3. The van der Waals surface area contributed by atoms with Gasteiger partial charge >= 0.3 is 5.97 Å². The van der Waals surface area contributed by atoms with Crippen molar-refractivity contribution < 1.29 is 23.4 Å². The number of aromatic amines is 1. The van der Waals surface area contributed by atoms with Gasteiger partial charge in [-0.3, -0.25) is 4.90 Å². The Hall–Kier alpha value is -3.27. The number of carbonyl (C=O) groups is 1. The maximum atomic E-state index is 14.0. The fraction of sp³-hybridized carbons (Fsp3) is 0.480. The van der Waals surface area contributed by atoms with Crippen molar-refractivity contribution in [1.82, 2.24) is 19.9 Å². The van der Waals surface area contributed by atoms with Crippen molar-refractivity contribution in [2.45, 2.75) is 51.1 Å². The Labute approximate surface area is 201 Å². The van der Waals surface area contributed by atoms with Crippen molar-refractivity contribution in [3.63, 3.8) is 0 Å². The number of fused-ring (bicyclic) bond motifs is 1. The molecule has 1 aliphatic carbocycles. The molecule has 1 aliphatic heterocycles. The van der Waals surface area contributed by atoms with E-state index in [1.165, 1.54) is 6.20 Å². The molecule has 2 fully saturated rings. The number of benzene rings is 1. The highest BCUT2D eigenvalue weighted by Crippen LogP contribution is 2.61. The number of anilines is 1. The number of likely N-dealkylation sites (tertiary alicyclic amines) is 1. The summed E-state index contributed by atoms with van der Waals surface area (Å²) in [6, 6.07) is 3.77. The van der Waals surface area contributed by atoms with Crippen molar-refractivity contribution in [3.05, 3.63) is 47.0 Å². The number of nitrogens with zero attached hydrogens (tertiary/aromatic N) is 3. The zero-order valence-electron chi connectivity index (χ0n) is 20.0. The second kappa shape index (κ2) is 8.44. The molecule has 8 nitrogen and oxygen atoms in total. The highest BCUT2D eigenvalue weighted by Gasteiger charge is 2.58. The largest absolute Gasteiger partial charge is 0.496 e. The fourth-order valence-electron chi connectivity index (χ4n) is 5.96. The molecule has 1 saturated heterocycles. The molecule has 10 heteroatoms. The van der Waals surface area contributed by atoms with E-state index in [1.54, 1.807) is 14.2 Å². The molecule has 1 aromatic carbocycles. The van der Waals surface area contributed by atoms with Crippen LogP contribution in [0.5, 0.6) is 5.75 Å². The van der Waals surface area contributed by atoms with Gasteiger partial charge in [0.25, 0.3) is 0 Å². The Bertz CT molecular complexity index is 1280. The summed E-state index contributed by atoms with van der Waals surface area (Å²) in [5.74, 6) is -2.98. The maximum Gasteiger partial charge on any atom is 0.374 e. The average molecular weight is 486 g/mol. The summed E-state index contributed by atoms with van der Waals surface area (Å²) >= 11 is 0. The van der Waals surface area contributed by atoms with Crippen molar-refractivity contribution in [1.29, 1.82) is 0 Å². The molecule has 0 amide bonds. The van der Waals surface area contributed by atoms with Gasteiger partial charge in [0, 0.05) is 66.9 Å². The number of nitrogens with one attached hydrogen (secondary N) is 2. The lowest BCUT2D eigenvalue weighted by atomic mass is 9.59. The number of carboxylic acids is 1. The molecule has 2 aromatic heterocycles. The number of hydrogen-bond acceptors (Lipinski definition) is 6. The summed E-state index contributed by atoms with van der Waals surface area (Å²) in [6.07, 6.45) is 4.38. The van der Waals surface area contributed by atoms with Crippen LogP contribution in [0.2, 0.25) is 0 Å². The van der Waals surface area contributed by atoms with Crippen LogP contribution in [0.4, 0.5) is 14.6 Å².